The average molecular weight is 256 g/mol. The molecule has 1 aliphatic rings. The van der Waals surface area contributed by atoms with E-state index in [2.05, 4.69) is 28.9 Å². The highest BCUT2D eigenvalue weighted by atomic mass is 32.1. The van der Waals surface area contributed by atoms with Crippen LogP contribution in [0.3, 0.4) is 0 Å². The normalized spacial score (nSPS) is 17.9. The van der Waals surface area contributed by atoms with E-state index < -0.39 is 0 Å². The molecule has 18 heavy (non-hydrogen) atoms. The van der Waals surface area contributed by atoms with Crippen molar-refractivity contribution in [2.24, 2.45) is 0 Å². The summed E-state index contributed by atoms with van der Waals surface area (Å²) in [4.78, 5) is 0. The van der Waals surface area contributed by atoms with E-state index in [4.69, 9.17) is 0 Å². The summed E-state index contributed by atoms with van der Waals surface area (Å²) in [6.07, 6.45) is 5.00. The second kappa shape index (κ2) is 5.09. The first kappa shape index (κ1) is 11.7. The van der Waals surface area contributed by atoms with Crippen molar-refractivity contribution in [3.63, 3.8) is 0 Å². The topological polar surface area (TPSA) is 35.8 Å². The Morgan fingerprint density at radius 1 is 1.28 bits per heavy atom. The first-order valence-electron chi connectivity index (χ1n) is 6.50. The van der Waals surface area contributed by atoms with E-state index in [1.165, 1.54) is 35.8 Å². The molecule has 1 saturated carbocycles. The van der Waals surface area contributed by atoms with Crippen molar-refractivity contribution >= 4 is 21.4 Å². The van der Waals surface area contributed by atoms with E-state index >= 15 is 0 Å². The molecule has 1 unspecified atom stereocenters. The number of nitrogens with zero attached hydrogens (tertiary/aromatic N) is 1. The van der Waals surface area contributed by atoms with Gasteiger partial charge in [-0.1, -0.05) is 31.0 Å². The first-order valence-corrected chi connectivity index (χ1v) is 7.38. The van der Waals surface area contributed by atoms with Crippen molar-refractivity contribution in [1.82, 2.24) is 5.32 Å². The van der Waals surface area contributed by atoms with E-state index in [0.29, 0.717) is 6.04 Å². The number of nitrogens with one attached hydrogen (secondary N) is 1. The zero-order chi connectivity index (χ0) is 12.4. The summed E-state index contributed by atoms with van der Waals surface area (Å²) < 4.78 is 1.26. The molecule has 0 saturated heterocycles. The first-order chi connectivity index (χ1) is 8.88. The number of benzene rings is 1. The summed E-state index contributed by atoms with van der Waals surface area (Å²) in [7, 11) is 0. The summed E-state index contributed by atoms with van der Waals surface area (Å²) in [5.74, 6) is 0. The van der Waals surface area contributed by atoms with Crippen molar-refractivity contribution in [1.29, 1.82) is 5.26 Å². The average Bonchev–Trinajstić information content (AvgIpc) is 3.05. The van der Waals surface area contributed by atoms with Gasteiger partial charge in [0.25, 0.3) is 0 Å². The molecule has 0 spiro atoms. The second-order valence-corrected chi connectivity index (χ2v) is 5.81. The van der Waals surface area contributed by atoms with E-state index in [1.807, 2.05) is 12.1 Å². The lowest BCUT2D eigenvalue weighted by Crippen LogP contribution is -2.29. The molecule has 1 aliphatic carbocycles. The summed E-state index contributed by atoms with van der Waals surface area (Å²) >= 11 is 1.72. The zero-order valence-electron chi connectivity index (χ0n) is 10.2. The van der Waals surface area contributed by atoms with Crippen LogP contribution in [0.4, 0.5) is 0 Å². The highest BCUT2D eigenvalue weighted by molar-refractivity contribution is 7.17. The van der Waals surface area contributed by atoms with Crippen LogP contribution in [0.25, 0.3) is 10.1 Å². The summed E-state index contributed by atoms with van der Waals surface area (Å²) in [5, 5.41) is 16.3. The van der Waals surface area contributed by atoms with Gasteiger partial charge < -0.3 is 0 Å². The predicted octanol–water partition coefficient (Wildman–Crippen LogP) is 4.00. The molecule has 1 N–H and O–H groups in total. The minimum absolute atomic E-state index is 0.163. The highest BCUT2D eigenvalue weighted by Gasteiger charge is 2.21. The Balaban J connectivity index is 1.89. The highest BCUT2D eigenvalue weighted by Crippen LogP contribution is 2.31. The molecule has 0 amide bonds. The second-order valence-electron chi connectivity index (χ2n) is 4.90. The van der Waals surface area contributed by atoms with Crippen LogP contribution in [0.15, 0.2) is 29.6 Å². The largest absolute Gasteiger partial charge is 0.295 e. The molecule has 3 rings (SSSR count). The molecule has 1 fully saturated rings. The number of nitriles is 1. The molecule has 0 aliphatic heterocycles. The van der Waals surface area contributed by atoms with E-state index in [1.54, 1.807) is 11.3 Å². The van der Waals surface area contributed by atoms with Crippen LogP contribution in [0.1, 0.15) is 37.3 Å². The van der Waals surface area contributed by atoms with Gasteiger partial charge in [-0.3, -0.25) is 5.32 Å². The van der Waals surface area contributed by atoms with Crippen molar-refractivity contribution in [3.8, 4) is 6.07 Å². The van der Waals surface area contributed by atoms with Crippen LogP contribution in [-0.4, -0.2) is 6.04 Å². The van der Waals surface area contributed by atoms with E-state index in [-0.39, 0.29) is 6.04 Å². The lowest BCUT2D eigenvalue weighted by molar-refractivity contribution is 0.494. The van der Waals surface area contributed by atoms with Gasteiger partial charge in [0.2, 0.25) is 0 Å². The fourth-order valence-electron chi connectivity index (χ4n) is 2.75. The number of hydrogen-bond donors (Lipinski definition) is 1. The molecule has 1 heterocycles. The number of thiophene rings is 1. The predicted molar refractivity (Wildman–Crippen MR) is 75.6 cm³/mol. The smallest absolute Gasteiger partial charge is 0.122 e. The minimum Gasteiger partial charge on any atom is -0.295 e. The van der Waals surface area contributed by atoms with Crippen molar-refractivity contribution in [2.45, 2.75) is 37.8 Å². The maximum absolute atomic E-state index is 9.41. The summed E-state index contributed by atoms with van der Waals surface area (Å²) in [5.41, 5.74) is 1.14. The number of fused-ring (bicyclic) bond motifs is 1. The maximum Gasteiger partial charge on any atom is 0.122 e. The fraction of sp³-hybridized carbons (Fsp3) is 0.400. The third-order valence-corrected chi connectivity index (χ3v) is 4.69. The third kappa shape index (κ3) is 2.14. The number of rotatable bonds is 3. The molecular weight excluding hydrogens is 240 g/mol. The molecule has 1 atom stereocenters. The Bertz CT molecular complexity index is 575. The lowest BCUT2D eigenvalue weighted by Gasteiger charge is -2.16. The Labute approximate surface area is 111 Å². The molecule has 0 radical (unpaired) electrons. The standard InChI is InChI=1S/C15H16N2S/c16-9-14(17-11-5-1-2-6-11)13-10-18-15-8-4-3-7-12(13)15/h3-4,7-8,10-11,14,17H,1-2,5-6H2. The summed E-state index contributed by atoms with van der Waals surface area (Å²) in [6, 6.07) is 11.1. The zero-order valence-corrected chi connectivity index (χ0v) is 11.0. The van der Waals surface area contributed by atoms with Gasteiger partial charge in [0.15, 0.2) is 0 Å². The van der Waals surface area contributed by atoms with Gasteiger partial charge in [-0.15, -0.1) is 11.3 Å². The van der Waals surface area contributed by atoms with E-state index in [0.717, 1.165) is 5.56 Å². The molecule has 92 valence electrons. The van der Waals surface area contributed by atoms with Crippen LogP contribution < -0.4 is 5.32 Å². The van der Waals surface area contributed by atoms with Gasteiger partial charge >= 0.3 is 0 Å². The Morgan fingerprint density at radius 2 is 2.06 bits per heavy atom. The Kier molecular flexibility index (Phi) is 3.31. The van der Waals surface area contributed by atoms with Gasteiger partial charge in [-0.05, 0) is 29.7 Å². The SMILES string of the molecule is N#CC(NC1CCCC1)c1csc2ccccc12. The van der Waals surface area contributed by atoms with Gasteiger partial charge in [-0.2, -0.15) is 5.26 Å². The maximum atomic E-state index is 9.41. The number of hydrogen-bond acceptors (Lipinski definition) is 3. The van der Waals surface area contributed by atoms with Crippen LogP contribution in [0.2, 0.25) is 0 Å². The fourth-order valence-corrected chi connectivity index (χ4v) is 3.73. The molecule has 0 bridgehead atoms. The van der Waals surface area contributed by atoms with Gasteiger partial charge in [0, 0.05) is 16.3 Å². The lowest BCUT2D eigenvalue weighted by atomic mass is 10.1. The van der Waals surface area contributed by atoms with Gasteiger partial charge in [-0.25, -0.2) is 0 Å². The molecule has 3 heteroatoms. The van der Waals surface area contributed by atoms with Gasteiger partial charge in [0.1, 0.15) is 6.04 Å². The van der Waals surface area contributed by atoms with Crippen LogP contribution >= 0.6 is 11.3 Å². The third-order valence-electron chi connectivity index (χ3n) is 3.71. The minimum atomic E-state index is -0.163. The van der Waals surface area contributed by atoms with Crippen molar-refractivity contribution < 1.29 is 0 Å². The molecule has 1 aromatic heterocycles. The van der Waals surface area contributed by atoms with Gasteiger partial charge in [0.05, 0.1) is 6.07 Å². The van der Waals surface area contributed by atoms with Crippen molar-refractivity contribution in [3.05, 3.63) is 35.2 Å². The Morgan fingerprint density at radius 3 is 2.83 bits per heavy atom. The van der Waals surface area contributed by atoms with Crippen molar-refractivity contribution in [2.75, 3.05) is 0 Å². The van der Waals surface area contributed by atoms with Crippen LogP contribution in [-0.2, 0) is 0 Å². The molecule has 2 aromatic rings. The van der Waals surface area contributed by atoms with Crippen LogP contribution in [0.5, 0.6) is 0 Å². The quantitative estimate of drug-likeness (QED) is 0.901. The molecule has 1 aromatic carbocycles. The molecule has 2 nitrogen and oxygen atoms in total. The Hall–Kier alpha value is -1.37. The van der Waals surface area contributed by atoms with Crippen LogP contribution in [0, 0.1) is 11.3 Å². The summed E-state index contributed by atoms with van der Waals surface area (Å²) in [6.45, 7) is 0. The monoisotopic (exact) mass is 256 g/mol. The molecular formula is C15H16N2S. The van der Waals surface area contributed by atoms with E-state index in [9.17, 15) is 5.26 Å².